The second-order valence-corrected chi connectivity index (χ2v) is 5.34. The molecule has 2 rings (SSSR count). The van der Waals surface area contributed by atoms with Gasteiger partial charge in [-0.2, -0.15) is 0 Å². The van der Waals surface area contributed by atoms with E-state index >= 15 is 0 Å². The van der Waals surface area contributed by atoms with Gasteiger partial charge in [-0.05, 0) is 6.42 Å². The van der Waals surface area contributed by atoms with E-state index in [2.05, 4.69) is 0 Å². The zero-order chi connectivity index (χ0) is 14.9. The lowest BCUT2D eigenvalue weighted by atomic mass is 10.0. The average molecular weight is 282 g/mol. The van der Waals surface area contributed by atoms with Crippen molar-refractivity contribution in [3.63, 3.8) is 0 Å². The highest BCUT2D eigenvalue weighted by molar-refractivity contribution is 5.64. The van der Waals surface area contributed by atoms with Gasteiger partial charge in [0.1, 0.15) is 11.5 Å². The molecule has 0 radical (unpaired) electrons. The Bertz CT molecular complexity index is 599. The summed E-state index contributed by atoms with van der Waals surface area (Å²) >= 11 is 0. The van der Waals surface area contributed by atoms with E-state index in [0.29, 0.717) is 25.3 Å². The first-order chi connectivity index (χ1) is 9.51. The molecular weight excluding hydrogens is 260 g/mol. The Kier molecular flexibility index (Phi) is 4.17. The van der Waals surface area contributed by atoms with Crippen molar-refractivity contribution in [2.75, 3.05) is 30.3 Å². The predicted molar refractivity (Wildman–Crippen MR) is 78.1 cm³/mol. The molecule has 0 atom stereocenters. The third-order valence-corrected chi connectivity index (χ3v) is 3.83. The number of hydrogen-bond donors (Lipinski definition) is 2. The van der Waals surface area contributed by atoms with Crippen LogP contribution in [-0.4, -0.2) is 33.9 Å². The van der Waals surface area contributed by atoms with Crippen LogP contribution in [0.2, 0.25) is 0 Å². The fourth-order valence-corrected chi connectivity index (χ4v) is 2.46. The summed E-state index contributed by atoms with van der Waals surface area (Å²) in [5, 5.41) is 9.06. The number of nitrogens with two attached hydrogens (primary N) is 1. The van der Waals surface area contributed by atoms with E-state index in [9.17, 15) is 9.59 Å². The van der Waals surface area contributed by atoms with E-state index in [1.807, 2.05) is 11.8 Å². The monoisotopic (exact) mass is 282 g/mol. The first kappa shape index (κ1) is 14.6. The molecule has 7 nitrogen and oxygen atoms in total. The lowest BCUT2D eigenvalue weighted by Crippen LogP contribution is -2.53. The molecular formula is C13H22N4O3. The van der Waals surface area contributed by atoms with Crippen LogP contribution in [0.3, 0.4) is 0 Å². The topological polar surface area (TPSA) is 93.5 Å². The molecule has 1 saturated heterocycles. The lowest BCUT2D eigenvalue weighted by Gasteiger charge is -2.40. The number of hydrogen-bond acceptors (Lipinski definition) is 5. The quantitative estimate of drug-likeness (QED) is 0.749. The number of nitrogens with zero attached hydrogens (tertiary/aromatic N) is 3. The van der Waals surface area contributed by atoms with Crippen LogP contribution in [0.4, 0.5) is 11.5 Å². The second kappa shape index (κ2) is 5.70. The summed E-state index contributed by atoms with van der Waals surface area (Å²) in [5.74, 6) is 0.415. The molecule has 1 aromatic rings. The van der Waals surface area contributed by atoms with Gasteiger partial charge in [-0.25, -0.2) is 4.79 Å². The van der Waals surface area contributed by atoms with Gasteiger partial charge in [-0.15, -0.1) is 0 Å². The van der Waals surface area contributed by atoms with Crippen LogP contribution in [0.15, 0.2) is 9.59 Å². The molecule has 3 N–H and O–H groups in total. The second-order valence-electron chi connectivity index (χ2n) is 5.34. The van der Waals surface area contributed by atoms with Crippen molar-refractivity contribution in [2.24, 2.45) is 13.0 Å². The minimum Gasteiger partial charge on any atom is -0.396 e. The number of nitrogen functional groups attached to an aromatic ring is 1. The van der Waals surface area contributed by atoms with Crippen molar-refractivity contribution in [1.29, 1.82) is 0 Å². The summed E-state index contributed by atoms with van der Waals surface area (Å²) in [6, 6.07) is 0. The molecule has 20 heavy (non-hydrogen) atoms. The van der Waals surface area contributed by atoms with Crippen LogP contribution >= 0.6 is 0 Å². The summed E-state index contributed by atoms with van der Waals surface area (Å²) in [6.45, 7) is 3.85. The van der Waals surface area contributed by atoms with E-state index in [4.69, 9.17) is 10.8 Å². The standard InChI is InChI=1S/C13H22N4O3/c1-3-4-5-17-11(14)10(12(19)15(2)13(17)20)16-6-9(7-16)8-18/h9,18H,3-8,14H2,1-2H3. The van der Waals surface area contributed by atoms with Crippen molar-refractivity contribution in [2.45, 2.75) is 26.3 Å². The molecule has 0 bridgehead atoms. The predicted octanol–water partition coefficient (Wildman–Crippen LogP) is -0.642. The maximum atomic E-state index is 12.2. The number of aromatic nitrogens is 2. The van der Waals surface area contributed by atoms with Crippen LogP contribution in [0.5, 0.6) is 0 Å². The van der Waals surface area contributed by atoms with Crippen LogP contribution in [-0.2, 0) is 13.6 Å². The SMILES string of the molecule is CCCCn1c(N)c(N2CC(CO)C2)c(=O)n(C)c1=O. The highest BCUT2D eigenvalue weighted by Crippen LogP contribution is 2.25. The van der Waals surface area contributed by atoms with Gasteiger partial charge in [0.05, 0.1) is 0 Å². The van der Waals surface area contributed by atoms with Crippen LogP contribution in [0.1, 0.15) is 19.8 Å². The molecule has 1 aliphatic heterocycles. The molecule has 1 aliphatic rings. The van der Waals surface area contributed by atoms with Gasteiger partial charge in [0, 0.05) is 39.2 Å². The average Bonchev–Trinajstić information content (AvgIpc) is 2.39. The minimum absolute atomic E-state index is 0.103. The molecule has 0 aliphatic carbocycles. The zero-order valence-electron chi connectivity index (χ0n) is 12.0. The van der Waals surface area contributed by atoms with Crippen molar-refractivity contribution in [1.82, 2.24) is 9.13 Å². The van der Waals surface area contributed by atoms with Gasteiger partial charge in [0.25, 0.3) is 5.56 Å². The Balaban J connectivity index is 2.44. The molecule has 0 spiro atoms. The Morgan fingerprint density at radius 2 is 2.00 bits per heavy atom. The maximum Gasteiger partial charge on any atom is 0.332 e. The Hall–Kier alpha value is -1.76. The number of aliphatic hydroxyl groups is 1. The zero-order valence-corrected chi connectivity index (χ0v) is 12.0. The molecule has 1 fully saturated rings. The number of unbranched alkanes of at least 4 members (excludes halogenated alkanes) is 1. The molecule has 112 valence electrons. The van der Waals surface area contributed by atoms with Gasteiger partial charge in [-0.3, -0.25) is 13.9 Å². The van der Waals surface area contributed by atoms with Crippen molar-refractivity contribution >= 4 is 11.5 Å². The fourth-order valence-electron chi connectivity index (χ4n) is 2.46. The minimum atomic E-state index is -0.371. The van der Waals surface area contributed by atoms with Crippen molar-refractivity contribution in [3.8, 4) is 0 Å². The molecule has 0 amide bonds. The highest BCUT2D eigenvalue weighted by atomic mass is 16.3. The smallest absolute Gasteiger partial charge is 0.332 e. The third kappa shape index (κ3) is 2.33. The van der Waals surface area contributed by atoms with E-state index in [0.717, 1.165) is 17.4 Å². The van der Waals surface area contributed by atoms with Crippen molar-refractivity contribution in [3.05, 3.63) is 20.8 Å². The summed E-state index contributed by atoms with van der Waals surface area (Å²) in [5.41, 5.74) is 5.68. The Labute approximate surface area is 117 Å². The first-order valence-electron chi connectivity index (χ1n) is 6.96. The van der Waals surface area contributed by atoms with Gasteiger partial charge < -0.3 is 15.7 Å². The fraction of sp³-hybridized carbons (Fsp3) is 0.692. The van der Waals surface area contributed by atoms with E-state index in [1.165, 1.54) is 11.6 Å². The highest BCUT2D eigenvalue weighted by Gasteiger charge is 2.31. The van der Waals surface area contributed by atoms with Gasteiger partial charge >= 0.3 is 5.69 Å². The van der Waals surface area contributed by atoms with Gasteiger partial charge in [-0.1, -0.05) is 13.3 Å². The number of anilines is 2. The summed E-state index contributed by atoms with van der Waals surface area (Å²) in [7, 11) is 1.47. The molecule has 1 aromatic heterocycles. The number of aliphatic hydroxyl groups excluding tert-OH is 1. The molecule has 0 unspecified atom stereocenters. The molecule has 0 saturated carbocycles. The number of rotatable bonds is 5. The molecule has 2 heterocycles. The first-order valence-corrected chi connectivity index (χ1v) is 6.96. The molecule has 7 heteroatoms. The van der Waals surface area contributed by atoms with Crippen LogP contribution in [0, 0.1) is 5.92 Å². The van der Waals surface area contributed by atoms with Crippen LogP contribution < -0.4 is 21.9 Å². The van der Waals surface area contributed by atoms with Gasteiger partial charge in [0.2, 0.25) is 0 Å². The van der Waals surface area contributed by atoms with Crippen LogP contribution in [0.25, 0.3) is 0 Å². The Morgan fingerprint density at radius 3 is 2.55 bits per heavy atom. The van der Waals surface area contributed by atoms with Crippen molar-refractivity contribution < 1.29 is 5.11 Å². The van der Waals surface area contributed by atoms with E-state index in [-0.39, 0.29) is 29.6 Å². The largest absolute Gasteiger partial charge is 0.396 e. The molecule has 0 aromatic carbocycles. The summed E-state index contributed by atoms with van der Waals surface area (Å²) in [6.07, 6.45) is 1.78. The van der Waals surface area contributed by atoms with E-state index < -0.39 is 0 Å². The van der Waals surface area contributed by atoms with Gasteiger partial charge in [0.15, 0.2) is 0 Å². The summed E-state index contributed by atoms with van der Waals surface area (Å²) < 4.78 is 2.57. The third-order valence-electron chi connectivity index (χ3n) is 3.83. The Morgan fingerprint density at radius 1 is 1.35 bits per heavy atom. The summed E-state index contributed by atoms with van der Waals surface area (Å²) in [4.78, 5) is 26.2. The lowest BCUT2D eigenvalue weighted by molar-refractivity contribution is 0.200. The van der Waals surface area contributed by atoms with E-state index in [1.54, 1.807) is 0 Å². The normalized spacial score (nSPS) is 15.4. The maximum absolute atomic E-state index is 12.2.